The Morgan fingerprint density at radius 3 is 2.17 bits per heavy atom. The first-order valence-electron chi connectivity index (χ1n) is 10.9. The van der Waals surface area contributed by atoms with E-state index in [4.69, 9.17) is 10.5 Å². The summed E-state index contributed by atoms with van der Waals surface area (Å²) in [7, 11) is 1.73. The fraction of sp³-hybridized carbons (Fsp3) is 0.857. The van der Waals surface area contributed by atoms with Crippen molar-refractivity contribution in [3.8, 4) is 0 Å². The van der Waals surface area contributed by atoms with Crippen LogP contribution in [0, 0.1) is 23.7 Å². The lowest BCUT2D eigenvalue weighted by molar-refractivity contribution is -0.151. The van der Waals surface area contributed by atoms with Gasteiger partial charge < -0.3 is 20.3 Å². The highest BCUT2D eigenvalue weighted by Gasteiger charge is 2.41. The van der Waals surface area contributed by atoms with E-state index in [-0.39, 0.29) is 54.6 Å². The zero-order chi connectivity index (χ0) is 20.3. The molecule has 2 saturated carbocycles. The summed E-state index contributed by atoms with van der Waals surface area (Å²) in [6.45, 7) is 3.40. The second-order valence-corrected chi connectivity index (χ2v) is 8.80. The van der Waals surface area contributed by atoms with E-state index in [2.05, 4.69) is 0 Å². The fourth-order valence-electron chi connectivity index (χ4n) is 5.31. The van der Waals surface area contributed by atoms with Crippen molar-refractivity contribution in [2.75, 3.05) is 33.3 Å². The number of likely N-dealkylation sites (N-methyl/N-ethyl adjacent to an activating group) is 1. The first-order chi connectivity index (χ1) is 13.4. The van der Waals surface area contributed by atoms with Crippen molar-refractivity contribution in [1.29, 1.82) is 0 Å². The van der Waals surface area contributed by atoms with Gasteiger partial charge in [-0.2, -0.15) is 0 Å². The van der Waals surface area contributed by atoms with Crippen LogP contribution in [0.3, 0.4) is 0 Å². The smallest absolute Gasteiger partial charge is 0.309 e. The van der Waals surface area contributed by atoms with Crippen molar-refractivity contribution >= 4 is 30.2 Å². The van der Waals surface area contributed by atoms with Gasteiger partial charge in [-0.3, -0.25) is 14.4 Å². The largest absolute Gasteiger partial charge is 0.466 e. The molecule has 0 aromatic carbocycles. The Hall–Kier alpha value is -1.34. The summed E-state index contributed by atoms with van der Waals surface area (Å²) in [5.74, 6) is 0.670. The number of hydrogen-bond donors (Lipinski definition) is 1. The third-order valence-corrected chi connectivity index (χ3v) is 6.98. The third-order valence-electron chi connectivity index (χ3n) is 6.98. The van der Waals surface area contributed by atoms with Crippen LogP contribution in [0.25, 0.3) is 0 Å². The van der Waals surface area contributed by atoms with Crippen LogP contribution in [0.5, 0.6) is 0 Å². The van der Waals surface area contributed by atoms with E-state index >= 15 is 0 Å². The number of hydrogen-bond acceptors (Lipinski definition) is 5. The number of nitrogens with zero attached hydrogens (tertiary/aromatic N) is 2. The number of rotatable bonds is 5. The molecule has 1 heterocycles. The van der Waals surface area contributed by atoms with E-state index in [0.29, 0.717) is 44.4 Å². The highest BCUT2D eigenvalue weighted by molar-refractivity contribution is 5.86. The molecule has 166 valence electrons. The summed E-state index contributed by atoms with van der Waals surface area (Å²) >= 11 is 0. The maximum absolute atomic E-state index is 12.9. The number of likely N-dealkylation sites (tertiary alicyclic amines) is 1. The Morgan fingerprint density at radius 2 is 1.62 bits per heavy atom. The molecule has 2 aliphatic carbocycles. The summed E-state index contributed by atoms with van der Waals surface area (Å²) in [4.78, 5) is 40.8. The minimum atomic E-state index is -0.164. The van der Waals surface area contributed by atoms with Crippen molar-refractivity contribution in [1.82, 2.24) is 9.80 Å². The van der Waals surface area contributed by atoms with Crippen LogP contribution in [0.2, 0.25) is 0 Å². The Labute approximate surface area is 180 Å². The van der Waals surface area contributed by atoms with Gasteiger partial charge in [0, 0.05) is 32.1 Å². The molecule has 0 spiro atoms. The molecule has 3 fully saturated rings. The average Bonchev–Trinajstić information content (AvgIpc) is 2.67. The predicted molar refractivity (Wildman–Crippen MR) is 112 cm³/mol. The number of nitrogens with two attached hydrogens (primary N) is 1. The number of carbonyl (C=O) groups excluding carboxylic acids is 3. The number of halogens is 1. The van der Waals surface area contributed by atoms with E-state index in [1.165, 1.54) is 6.42 Å². The predicted octanol–water partition coefficient (Wildman–Crippen LogP) is 1.82. The molecule has 0 radical (unpaired) electrons. The molecule has 2 amide bonds. The number of esters is 1. The second-order valence-electron chi connectivity index (χ2n) is 8.80. The summed E-state index contributed by atoms with van der Waals surface area (Å²) in [5.41, 5.74) is 6.33. The van der Waals surface area contributed by atoms with Crippen molar-refractivity contribution in [2.24, 2.45) is 29.4 Å². The van der Waals surface area contributed by atoms with E-state index < -0.39 is 0 Å². The van der Waals surface area contributed by atoms with Crippen LogP contribution in [0.1, 0.15) is 51.9 Å². The number of amides is 2. The van der Waals surface area contributed by atoms with E-state index in [1.54, 1.807) is 23.8 Å². The van der Waals surface area contributed by atoms with Gasteiger partial charge in [0.05, 0.1) is 19.1 Å². The van der Waals surface area contributed by atoms with Crippen molar-refractivity contribution < 1.29 is 19.1 Å². The van der Waals surface area contributed by atoms with Gasteiger partial charge in [0.2, 0.25) is 11.8 Å². The summed E-state index contributed by atoms with van der Waals surface area (Å²) in [6, 6.07) is 0.241. The van der Waals surface area contributed by atoms with E-state index in [9.17, 15) is 14.4 Å². The number of piperidine rings is 1. The molecule has 7 nitrogen and oxygen atoms in total. The van der Waals surface area contributed by atoms with E-state index in [0.717, 1.165) is 25.7 Å². The topological polar surface area (TPSA) is 92.9 Å². The molecular weight excluding hydrogens is 394 g/mol. The molecule has 0 aromatic heterocycles. The Balaban J connectivity index is 0.00000300. The monoisotopic (exact) mass is 429 g/mol. The zero-order valence-corrected chi connectivity index (χ0v) is 18.5. The van der Waals surface area contributed by atoms with Gasteiger partial charge in [-0.05, 0) is 57.3 Å². The van der Waals surface area contributed by atoms with Gasteiger partial charge in [0.15, 0.2) is 0 Å². The quantitative estimate of drug-likeness (QED) is 0.673. The molecule has 8 heteroatoms. The molecule has 1 saturated heterocycles. The van der Waals surface area contributed by atoms with Crippen molar-refractivity contribution in [3.05, 3.63) is 0 Å². The highest BCUT2D eigenvalue weighted by atomic mass is 35.5. The molecule has 1 aliphatic heterocycles. The molecule has 3 rings (SSSR count). The third kappa shape index (κ3) is 5.63. The van der Waals surface area contributed by atoms with Crippen molar-refractivity contribution in [3.63, 3.8) is 0 Å². The molecular formula is C21H36ClN3O4. The summed E-state index contributed by atoms with van der Waals surface area (Å²) < 4.78 is 5.07. The molecule has 2 unspecified atom stereocenters. The minimum Gasteiger partial charge on any atom is -0.466 e. The molecule has 2 N–H and O–H groups in total. The summed E-state index contributed by atoms with van der Waals surface area (Å²) in [6.07, 6.45) is 6.46. The number of fused-ring (bicyclic) bond motifs is 2. The molecule has 2 bridgehead atoms. The Bertz CT molecular complexity index is 580. The van der Waals surface area contributed by atoms with Gasteiger partial charge in [-0.15, -0.1) is 12.4 Å². The lowest BCUT2D eigenvalue weighted by Crippen LogP contribution is -2.51. The van der Waals surface area contributed by atoms with Gasteiger partial charge in [-0.1, -0.05) is 6.42 Å². The van der Waals surface area contributed by atoms with Crippen LogP contribution in [-0.2, 0) is 19.1 Å². The highest BCUT2D eigenvalue weighted by Crippen LogP contribution is 2.42. The normalized spacial score (nSPS) is 29.6. The first kappa shape index (κ1) is 23.9. The molecule has 2 atom stereocenters. The zero-order valence-electron chi connectivity index (χ0n) is 17.7. The average molecular weight is 430 g/mol. The van der Waals surface area contributed by atoms with Crippen LogP contribution in [-0.4, -0.2) is 66.9 Å². The van der Waals surface area contributed by atoms with Gasteiger partial charge in [-0.25, -0.2) is 0 Å². The lowest BCUT2D eigenvalue weighted by atomic mass is 9.65. The van der Waals surface area contributed by atoms with Crippen LogP contribution >= 0.6 is 12.4 Å². The second kappa shape index (κ2) is 10.6. The standard InChI is InChI=1S/C21H35N3O4.ClH/c1-3-28-21(27)14-7-9-24(10-8-14)18(25)13-23(2)20(26)17-11-15-5-4-6-16(12-17)19(15)22;/h14-17,19H,3-13,22H2,1-2H3;1H. The molecule has 3 aliphatic rings. The number of carbonyl (C=O) groups is 3. The molecule has 0 aromatic rings. The van der Waals surface area contributed by atoms with Gasteiger partial charge in [0.1, 0.15) is 0 Å². The maximum Gasteiger partial charge on any atom is 0.309 e. The van der Waals surface area contributed by atoms with Crippen molar-refractivity contribution in [2.45, 2.75) is 57.9 Å². The maximum atomic E-state index is 12.9. The van der Waals surface area contributed by atoms with Crippen LogP contribution < -0.4 is 5.73 Å². The summed E-state index contributed by atoms with van der Waals surface area (Å²) in [5, 5.41) is 0. The first-order valence-corrected chi connectivity index (χ1v) is 10.9. The van der Waals surface area contributed by atoms with E-state index in [1.807, 2.05) is 0 Å². The van der Waals surface area contributed by atoms with Gasteiger partial charge >= 0.3 is 5.97 Å². The Morgan fingerprint density at radius 1 is 1.03 bits per heavy atom. The van der Waals surface area contributed by atoms with Gasteiger partial charge in [0.25, 0.3) is 0 Å². The van der Waals surface area contributed by atoms with Crippen LogP contribution in [0.15, 0.2) is 0 Å². The minimum absolute atomic E-state index is 0. The Kier molecular flexibility index (Phi) is 8.76. The lowest BCUT2D eigenvalue weighted by Gasteiger charge is -2.44. The SMILES string of the molecule is CCOC(=O)C1CCN(C(=O)CN(C)C(=O)C2CC3CCCC(C2)C3N)CC1.Cl. The molecule has 29 heavy (non-hydrogen) atoms. The number of ether oxygens (including phenoxy) is 1. The fourth-order valence-corrected chi connectivity index (χ4v) is 5.31. The van der Waals surface area contributed by atoms with Crippen LogP contribution in [0.4, 0.5) is 0 Å².